The predicted molar refractivity (Wildman–Crippen MR) is 92.1 cm³/mol. The molecule has 2 N–H and O–H groups in total. The van der Waals surface area contributed by atoms with E-state index in [0.717, 1.165) is 10.9 Å². The zero-order valence-corrected chi connectivity index (χ0v) is 14.2. The van der Waals surface area contributed by atoms with Gasteiger partial charge in [-0.1, -0.05) is 0 Å². The van der Waals surface area contributed by atoms with E-state index in [1.807, 2.05) is 13.8 Å². The molecule has 1 heterocycles. The Hall–Kier alpha value is -2.37. The number of amides is 2. The van der Waals surface area contributed by atoms with Crippen LogP contribution < -0.4 is 5.32 Å². The largest absolute Gasteiger partial charge is 0.361 e. The number of H-pyrrole nitrogens is 1. The summed E-state index contributed by atoms with van der Waals surface area (Å²) in [7, 11) is 0. The molecular formula is C18H24FN3O2. The third-order valence-electron chi connectivity index (χ3n) is 4.09. The number of carbonyl (C=O) groups excluding carboxylic acids is 2. The Morgan fingerprint density at radius 2 is 2.00 bits per heavy atom. The van der Waals surface area contributed by atoms with Gasteiger partial charge >= 0.3 is 0 Å². The average Bonchev–Trinajstić information content (AvgIpc) is 2.94. The third kappa shape index (κ3) is 4.57. The van der Waals surface area contributed by atoms with Gasteiger partial charge < -0.3 is 15.2 Å². The standard InChI is InChI=1S/C18H24FN3O2/c1-3-22(4-2)18(24)6-5-9-20-17(23)10-13-12-21-16-11-14(19)7-8-15(13)16/h7-8,11-12,21H,3-6,9-10H2,1-2H3,(H,20,23). The van der Waals surface area contributed by atoms with Crippen molar-refractivity contribution in [2.24, 2.45) is 0 Å². The number of fused-ring (bicyclic) bond motifs is 1. The zero-order chi connectivity index (χ0) is 17.5. The van der Waals surface area contributed by atoms with Gasteiger partial charge in [0.2, 0.25) is 11.8 Å². The second-order valence-corrected chi connectivity index (χ2v) is 5.70. The molecule has 0 radical (unpaired) electrons. The molecule has 0 aliphatic heterocycles. The third-order valence-corrected chi connectivity index (χ3v) is 4.09. The van der Waals surface area contributed by atoms with E-state index in [1.54, 1.807) is 17.2 Å². The van der Waals surface area contributed by atoms with E-state index in [2.05, 4.69) is 10.3 Å². The van der Waals surface area contributed by atoms with Crippen LogP contribution in [0.3, 0.4) is 0 Å². The van der Waals surface area contributed by atoms with Crippen molar-refractivity contribution in [3.8, 4) is 0 Å². The van der Waals surface area contributed by atoms with Gasteiger partial charge in [0.25, 0.3) is 0 Å². The minimum atomic E-state index is -0.307. The molecule has 2 rings (SSSR count). The summed E-state index contributed by atoms with van der Waals surface area (Å²) in [5, 5.41) is 3.68. The Labute approximate surface area is 141 Å². The quantitative estimate of drug-likeness (QED) is 0.729. The van der Waals surface area contributed by atoms with Crippen molar-refractivity contribution in [2.75, 3.05) is 19.6 Å². The first kappa shape index (κ1) is 18.0. The number of benzene rings is 1. The van der Waals surface area contributed by atoms with Gasteiger partial charge in [-0.05, 0) is 44.0 Å². The molecule has 0 fully saturated rings. The predicted octanol–water partition coefficient (Wildman–Crippen LogP) is 2.61. The summed E-state index contributed by atoms with van der Waals surface area (Å²) in [6.07, 6.45) is 3.03. The van der Waals surface area contributed by atoms with Crippen molar-refractivity contribution >= 4 is 22.7 Å². The van der Waals surface area contributed by atoms with Gasteiger partial charge in [0.1, 0.15) is 5.82 Å². The second-order valence-electron chi connectivity index (χ2n) is 5.70. The summed E-state index contributed by atoms with van der Waals surface area (Å²) >= 11 is 0. The fourth-order valence-corrected chi connectivity index (χ4v) is 2.74. The van der Waals surface area contributed by atoms with Gasteiger partial charge in [-0.25, -0.2) is 4.39 Å². The van der Waals surface area contributed by atoms with Crippen LogP contribution in [0, 0.1) is 5.82 Å². The summed E-state index contributed by atoms with van der Waals surface area (Å²) in [4.78, 5) is 28.6. The van der Waals surface area contributed by atoms with Gasteiger partial charge in [0, 0.05) is 43.2 Å². The molecule has 0 saturated heterocycles. The van der Waals surface area contributed by atoms with Crippen LogP contribution in [-0.4, -0.2) is 41.3 Å². The van der Waals surface area contributed by atoms with Crippen LogP contribution in [0.1, 0.15) is 32.3 Å². The maximum Gasteiger partial charge on any atom is 0.224 e. The first-order valence-electron chi connectivity index (χ1n) is 8.35. The molecule has 2 aromatic rings. The van der Waals surface area contributed by atoms with Crippen molar-refractivity contribution in [3.63, 3.8) is 0 Å². The monoisotopic (exact) mass is 333 g/mol. The minimum Gasteiger partial charge on any atom is -0.361 e. The van der Waals surface area contributed by atoms with Crippen molar-refractivity contribution in [1.82, 2.24) is 15.2 Å². The molecule has 0 aliphatic carbocycles. The molecule has 1 aromatic heterocycles. The number of halogens is 1. The van der Waals surface area contributed by atoms with Crippen LogP contribution in [0.4, 0.5) is 4.39 Å². The van der Waals surface area contributed by atoms with Gasteiger partial charge in [0.05, 0.1) is 6.42 Å². The molecule has 0 aliphatic rings. The summed E-state index contributed by atoms with van der Waals surface area (Å²) in [6, 6.07) is 4.47. The van der Waals surface area contributed by atoms with E-state index >= 15 is 0 Å². The summed E-state index contributed by atoms with van der Waals surface area (Å²) < 4.78 is 13.2. The van der Waals surface area contributed by atoms with Crippen molar-refractivity contribution in [2.45, 2.75) is 33.1 Å². The Bertz CT molecular complexity index is 707. The molecule has 0 unspecified atom stereocenters. The first-order chi connectivity index (χ1) is 11.5. The highest BCUT2D eigenvalue weighted by Crippen LogP contribution is 2.19. The second kappa shape index (κ2) is 8.47. The lowest BCUT2D eigenvalue weighted by Crippen LogP contribution is -2.32. The SMILES string of the molecule is CCN(CC)C(=O)CCCNC(=O)Cc1c[nH]c2cc(F)ccc12. The van der Waals surface area contributed by atoms with Crippen molar-refractivity contribution in [1.29, 1.82) is 0 Å². The highest BCUT2D eigenvalue weighted by molar-refractivity contribution is 5.88. The maximum absolute atomic E-state index is 13.2. The summed E-state index contributed by atoms with van der Waals surface area (Å²) in [5.74, 6) is -0.290. The van der Waals surface area contributed by atoms with Crippen LogP contribution in [-0.2, 0) is 16.0 Å². The van der Waals surface area contributed by atoms with Gasteiger partial charge in [-0.15, -0.1) is 0 Å². The van der Waals surface area contributed by atoms with Crippen LogP contribution >= 0.6 is 0 Å². The normalized spacial score (nSPS) is 10.8. The van der Waals surface area contributed by atoms with Crippen molar-refractivity contribution in [3.05, 3.63) is 35.8 Å². The molecular weight excluding hydrogens is 309 g/mol. The molecule has 0 spiro atoms. The number of hydrogen-bond acceptors (Lipinski definition) is 2. The number of aromatic nitrogens is 1. The van der Waals surface area contributed by atoms with Gasteiger partial charge in [0.15, 0.2) is 0 Å². The molecule has 24 heavy (non-hydrogen) atoms. The van der Waals surface area contributed by atoms with Gasteiger partial charge in [-0.3, -0.25) is 9.59 Å². The van der Waals surface area contributed by atoms with E-state index < -0.39 is 0 Å². The zero-order valence-electron chi connectivity index (χ0n) is 14.2. The maximum atomic E-state index is 13.2. The molecule has 0 saturated carbocycles. The average molecular weight is 333 g/mol. The molecule has 0 bridgehead atoms. The van der Waals surface area contributed by atoms with Crippen molar-refractivity contribution < 1.29 is 14.0 Å². The summed E-state index contributed by atoms with van der Waals surface area (Å²) in [5.41, 5.74) is 1.52. The number of aromatic amines is 1. The van der Waals surface area contributed by atoms with Gasteiger partial charge in [-0.2, -0.15) is 0 Å². The number of rotatable bonds is 8. The number of carbonyl (C=O) groups is 2. The van der Waals surface area contributed by atoms with Crippen LogP contribution in [0.15, 0.2) is 24.4 Å². The Kier molecular flexibility index (Phi) is 6.35. The lowest BCUT2D eigenvalue weighted by molar-refractivity contribution is -0.131. The lowest BCUT2D eigenvalue weighted by atomic mass is 10.1. The van der Waals surface area contributed by atoms with Crippen LogP contribution in [0.25, 0.3) is 10.9 Å². The van der Waals surface area contributed by atoms with E-state index in [9.17, 15) is 14.0 Å². The fourth-order valence-electron chi connectivity index (χ4n) is 2.74. The highest BCUT2D eigenvalue weighted by Gasteiger charge is 2.11. The molecule has 1 aromatic carbocycles. The highest BCUT2D eigenvalue weighted by atomic mass is 19.1. The smallest absolute Gasteiger partial charge is 0.224 e. The molecule has 2 amide bonds. The Morgan fingerprint density at radius 3 is 2.71 bits per heavy atom. The molecule has 0 atom stereocenters. The van der Waals surface area contributed by atoms with E-state index in [0.29, 0.717) is 38.0 Å². The van der Waals surface area contributed by atoms with Crippen LogP contribution in [0.5, 0.6) is 0 Å². The number of hydrogen-bond donors (Lipinski definition) is 2. The Balaban J connectivity index is 1.78. The number of nitrogens with one attached hydrogen (secondary N) is 2. The molecule has 130 valence electrons. The first-order valence-corrected chi connectivity index (χ1v) is 8.35. The molecule has 5 nitrogen and oxygen atoms in total. The van der Waals surface area contributed by atoms with E-state index in [4.69, 9.17) is 0 Å². The topological polar surface area (TPSA) is 65.2 Å². The Morgan fingerprint density at radius 1 is 1.25 bits per heavy atom. The molecule has 6 heteroatoms. The van der Waals surface area contributed by atoms with E-state index in [-0.39, 0.29) is 24.1 Å². The minimum absolute atomic E-state index is 0.101. The van der Waals surface area contributed by atoms with Crippen LogP contribution in [0.2, 0.25) is 0 Å². The number of nitrogens with zero attached hydrogens (tertiary/aromatic N) is 1. The van der Waals surface area contributed by atoms with E-state index in [1.165, 1.54) is 12.1 Å². The fraction of sp³-hybridized carbons (Fsp3) is 0.444. The summed E-state index contributed by atoms with van der Waals surface area (Å²) in [6.45, 7) is 5.81. The lowest BCUT2D eigenvalue weighted by Gasteiger charge is -2.18.